The monoisotopic (exact) mass is 592 g/mol. The number of carbonyl (C=O) groups excluding carboxylic acids is 4. The summed E-state index contributed by atoms with van der Waals surface area (Å²) < 4.78 is 11.0. The van der Waals surface area contributed by atoms with Crippen molar-refractivity contribution in [2.24, 2.45) is 0 Å². The first-order chi connectivity index (χ1) is 21.3. The molecule has 1 heterocycles. The van der Waals surface area contributed by atoms with Gasteiger partial charge in [0.1, 0.15) is 5.57 Å². The molecule has 0 bridgehead atoms. The summed E-state index contributed by atoms with van der Waals surface area (Å²) in [5, 5.41) is 13.5. The minimum absolute atomic E-state index is 0.173. The maximum Gasteiger partial charge on any atom is 0.343 e. The molecule has 4 aromatic carbocycles. The zero-order valence-electron chi connectivity index (χ0n) is 23.2. The molecule has 1 fully saturated rings. The van der Waals surface area contributed by atoms with Crippen LogP contribution in [0.2, 0.25) is 0 Å². The highest BCUT2D eigenvalue weighted by atomic mass is 16.6. The van der Waals surface area contributed by atoms with Gasteiger partial charge in [-0.05, 0) is 54.1 Å². The van der Waals surface area contributed by atoms with Crippen LogP contribution in [0.3, 0.4) is 0 Å². The summed E-state index contributed by atoms with van der Waals surface area (Å²) >= 11 is 0. The van der Waals surface area contributed by atoms with E-state index in [1.165, 1.54) is 49.6 Å². The van der Waals surface area contributed by atoms with Crippen molar-refractivity contribution in [3.05, 3.63) is 124 Å². The molecule has 0 aromatic heterocycles. The smallest absolute Gasteiger partial charge is 0.343 e. The number of amides is 5. The number of nitrogens with one attached hydrogen (secondary N) is 1. The lowest BCUT2D eigenvalue weighted by molar-refractivity contribution is -0.384. The van der Waals surface area contributed by atoms with Crippen molar-refractivity contribution in [2.75, 3.05) is 28.8 Å². The molecular formula is C32H24N4O8. The molecule has 0 unspecified atom stereocenters. The average molecular weight is 593 g/mol. The van der Waals surface area contributed by atoms with E-state index < -0.39 is 35.3 Å². The minimum Gasteiger partial charge on any atom is -0.493 e. The summed E-state index contributed by atoms with van der Waals surface area (Å²) in [6, 6.07) is 25.8. The molecule has 1 N–H and O–H groups in total. The molecular weight excluding hydrogens is 568 g/mol. The van der Waals surface area contributed by atoms with Crippen LogP contribution >= 0.6 is 0 Å². The van der Waals surface area contributed by atoms with Crippen molar-refractivity contribution in [1.29, 1.82) is 0 Å². The molecule has 4 aromatic rings. The Bertz CT molecular complexity index is 1730. The minimum atomic E-state index is -0.806. The van der Waals surface area contributed by atoms with Crippen molar-refractivity contribution < 1.29 is 33.6 Å². The van der Waals surface area contributed by atoms with Crippen LogP contribution in [0.5, 0.6) is 11.5 Å². The summed E-state index contributed by atoms with van der Waals surface area (Å²) in [6.45, 7) is -0.434. The Labute approximate surface area is 250 Å². The van der Waals surface area contributed by atoms with Gasteiger partial charge >= 0.3 is 6.03 Å². The lowest BCUT2D eigenvalue weighted by atomic mass is 10.0. The van der Waals surface area contributed by atoms with Gasteiger partial charge in [0.2, 0.25) is 0 Å². The highest BCUT2D eigenvalue weighted by Gasteiger charge is 2.43. The third-order valence-electron chi connectivity index (χ3n) is 6.48. The number of anilines is 3. The van der Waals surface area contributed by atoms with Crippen molar-refractivity contribution in [2.45, 2.75) is 0 Å². The Morgan fingerprint density at radius 2 is 1.43 bits per heavy atom. The Hall–Kier alpha value is -6.30. The first kappa shape index (κ1) is 29.2. The SMILES string of the molecule is COc1cc(C=C2C(=O)N(c3ccccc3)C(=O)N(c3ccccc3)C2=O)ccc1OCC(=O)Nc1cccc([N+](=O)[O-])c1. The number of para-hydroxylation sites is 2. The van der Waals surface area contributed by atoms with E-state index in [1.807, 2.05) is 0 Å². The summed E-state index contributed by atoms with van der Waals surface area (Å²) in [7, 11) is 1.38. The molecule has 1 saturated heterocycles. The fraction of sp³-hybridized carbons (Fsp3) is 0.0625. The van der Waals surface area contributed by atoms with Gasteiger partial charge in [0.15, 0.2) is 18.1 Å². The number of nitro benzene ring substituents is 1. The molecule has 0 saturated carbocycles. The number of nitro groups is 1. The Balaban J connectivity index is 1.40. The van der Waals surface area contributed by atoms with E-state index in [4.69, 9.17) is 9.47 Å². The van der Waals surface area contributed by atoms with Crippen molar-refractivity contribution in [3.8, 4) is 11.5 Å². The number of urea groups is 1. The van der Waals surface area contributed by atoms with Crippen LogP contribution in [0.1, 0.15) is 5.56 Å². The Morgan fingerprint density at radius 1 is 0.818 bits per heavy atom. The number of ether oxygens (including phenoxy) is 2. The van der Waals surface area contributed by atoms with Gasteiger partial charge in [0.05, 0.1) is 23.4 Å². The van der Waals surface area contributed by atoms with Crippen LogP contribution in [0.4, 0.5) is 27.5 Å². The lowest BCUT2D eigenvalue weighted by Gasteiger charge is -2.33. The lowest BCUT2D eigenvalue weighted by Crippen LogP contribution is -2.57. The van der Waals surface area contributed by atoms with E-state index in [2.05, 4.69) is 5.32 Å². The number of rotatable bonds is 9. The van der Waals surface area contributed by atoms with Crippen LogP contribution in [0, 0.1) is 10.1 Å². The van der Waals surface area contributed by atoms with Crippen LogP contribution < -0.4 is 24.6 Å². The number of barbiturate groups is 1. The zero-order chi connectivity index (χ0) is 31.2. The van der Waals surface area contributed by atoms with Gasteiger partial charge in [-0.3, -0.25) is 24.5 Å². The largest absolute Gasteiger partial charge is 0.493 e. The maximum atomic E-state index is 13.6. The predicted molar refractivity (Wildman–Crippen MR) is 161 cm³/mol. The van der Waals surface area contributed by atoms with Gasteiger partial charge in [-0.25, -0.2) is 14.6 Å². The van der Waals surface area contributed by atoms with Crippen LogP contribution in [-0.4, -0.2) is 42.4 Å². The van der Waals surface area contributed by atoms with Gasteiger partial charge in [0, 0.05) is 17.8 Å². The van der Waals surface area contributed by atoms with E-state index >= 15 is 0 Å². The molecule has 5 amide bonds. The standard InChI is InChI=1S/C32H24N4O8/c1-43-28-18-21(15-16-27(28)44-20-29(37)33-22-9-8-14-25(19-22)36(41)42)17-26-30(38)34(23-10-4-2-5-11-23)32(40)35(31(26)39)24-12-6-3-7-13-24/h2-19H,20H2,1H3,(H,33,37). The number of non-ortho nitro benzene ring substituents is 1. The molecule has 44 heavy (non-hydrogen) atoms. The molecule has 220 valence electrons. The third kappa shape index (κ3) is 6.14. The van der Waals surface area contributed by atoms with Crippen LogP contribution in [-0.2, 0) is 14.4 Å². The van der Waals surface area contributed by atoms with Gasteiger partial charge in [0.25, 0.3) is 23.4 Å². The fourth-order valence-corrected chi connectivity index (χ4v) is 4.44. The normalized spacial score (nSPS) is 13.0. The molecule has 12 heteroatoms. The number of methoxy groups -OCH3 is 1. The fourth-order valence-electron chi connectivity index (χ4n) is 4.44. The summed E-state index contributed by atoms with van der Waals surface area (Å²) in [4.78, 5) is 65.3. The number of carbonyl (C=O) groups is 4. The second-order valence-corrected chi connectivity index (χ2v) is 9.35. The van der Waals surface area contributed by atoms with E-state index in [0.29, 0.717) is 16.9 Å². The molecule has 0 spiro atoms. The highest BCUT2D eigenvalue weighted by molar-refractivity contribution is 6.46. The molecule has 5 rings (SSSR count). The number of benzene rings is 4. The highest BCUT2D eigenvalue weighted by Crippen LogP contribution is 2.32. The quantitative estimate of drug-likeness (QED) is 0.121. The summed E-state index contributed by atoms with van der Waals surface area (Å²) in [6.07, 6.45) is 1.35. The zero-order valence-corrected chi connectivity index (χ0v) is 23.2. The number of imide groups is 2. The Morgan fingerprint density at radius 3 is 2.00 bits per heavy atom. The van der Waals surface area contributed by atoms with Crippen molar-refractivity contribution >= 4 is 52.6 Å². The van der Waals surface area contributed by atoms with Crippen molar-refractivity contribution in [1.82, 2.24) is 0 Å². The molecule has 12 nitrogen and oxygen atoms in total. The van der Waals surface area contributed by atoms with Crippen molar-refractivity contribution in [3.63, 3.8) is 0 Å². The second kappa shape index (κ2) is 12.7. The van der Waals surface area contributed by atoms with E-state index in [9.17, 15) is 29.3 Å². The summed E-state index contributed by atoms with van der Waals surface area (Å²) in [5.74, 6) is -1.76. The van der Waals surface area contributed by atoms with Gasteiger partial charge in [-0.1, -0.05) is 48.5 Å². The molecule has 0 aliphatic carbocycles. The second-order valence-electron chi connectivity index (χ2n) is 9.35. The predicted octanol–water partition coefficient (Wildman–Crippen LogP) is 5.20. The van der Waals surface area contributed by atoms with Gasteiger partial charge in [-0.2, -0.15) is 0 Å². The van der Waals surface area contributed by atoms with Crippen LogP contribution in [0.15, 0.2) is 109 Å². The molecule has 1 aliphatic heterocycles. The van der Waals surface area contributed by atoms with E-state index in [0.717, 1.165) is 9.80 Å². The maximum absolute atomic E-state index is 13.6. The molecule has 1 aliphatic rings. The first-order valence-electron chi connectivity index (χ1n) is 13.2. The topological polar surface area (TPSA) is 148 Å². The van der Waals surface area contributed by atoms with E-state index in [1.54, 1.807) is 66.7 Å². The third-order valence-corrected chi connectivity index (χ3v) is 6.48. The first-order valence-corrected chi connectivity index (χ1v) is 13.2. The average Bonchev–Trinajstić information content (AvgIpc) is 3.03. The Kier molecular flexibility index (Phi) is 8.43. The van der Waals surface area contributed by atoms with E-state index in [-0.39, 0.29) is 28.4 Å². The van der Waals surface area contributed by atoms with Gasteiger partial charge in [-0.15, -0.1) is 0 Å². The number of hydrogen-bond acceptors (Lipinski definition) is 8. The van der Waals surface area contributed by atoms with Crippen LogP contribution in [0.25, 0.3) is 6.08 Å². The molecule has 0 atom stereocenters. The molecule has 0 radical (unpaired) electrons. The number of nitrogens with zero attached hydrogens (tertiary/aromatic N) is 3. The van der Waals surface area contributed by atoms with Gasteiger partial charge < -0.3 is 14.8 Å². The summed E-state index contributed by atoms with van der Waals surface area (Å²) in [5.41, 5.74) is 0.786. The number of hydrogen-bond donors (Lipinski definition) is 1.